The highest BCUT2D eigenvalue weighted by Crippen LogP contribution is 2.13. The number of sulfone groups is 1. The fourth-order valence-corrected chi connectivity index (χ4v) is 3.29. The summed E-state index contributed by atoms with van der Waals surface area (Å²) in [5.41, 5.74) is 6.31. The third-order valence-electron chi connectivity index (χ3n) is 3.20. The van der Waals surface area contributed by atoms with E-state index in [1.807, 2.05) is 24.3 Å². The van der Waals surface area contributed by atoms with Crippen molar-refractivity contribution in [3.05, 3.63) is 24.3 Å². The first-order valence-electron chi connectivity index (χ1n) is 6.46. The quantitative estimate of drug-likeness (QED) is 0.638. The molecule has 6 heteroatoms. The topological polar surface area (TPSA) is 72.6 Å². The van der Waals surface area contributed by atoms with Crippen molar-refractivity contribution in [3.63, 3.8) is 0 Å². The van der Waals surface area contributed by atoms with Gasteiger partial charge < -0.3 is 15.4 Å². The molecule has 106 valence electrons. The largest absolute Gasteiger partial charge is 0.494 e. The molecule has 1 heterocycles. The molecule has 0 radical (unpaired) electrons. The zero-order valence-corrected chi connectivity index (χ0v) is 11.7. The fourth-order valence-electron chi connectivity index (χ4n) is 2.02. The summed E-state index contributed by atoms with van der Waals surface area (Å²) < 4.78 is 28.1. The van der Waals surface area contributed by atoms with Crippen LogP contribution in [0, 0.1) is 0 Å². The van der Waals surface area contributed by atoms with Gasteiger partial charge in [-0.3, -0.25) is 0 Å². The summed E-state index contributed by atoms with van der Waals surface area (Å²) in [7, 11) is -2.78. The maximum atomic E-state index is 11.3. The van der Waals surface area contributed by atoms with E-state index < -0.39 is 9.84 Å². The number of nitrogens with two attached hydrogens (primary N) is 1. The number of nitrogen functional groups attached to an aromatic ring is 1. The van der Waals surface area contributed by atoms with Gasteiger partial charge in [0, 0.05) is 25.3 Å². The van der Waals surface area contributed by atoms with Gasteiger partial charge in [0.2, 0.25) is 0 Å². The summed E-state index contributed by atoms with van der Waals surface area (Å²) in [6.45, 7) is 2.80. The number of hydrogen-bond acceptors (Lipinski definition) is 5. The second-order valence-electron chi connectivity index (χ2n) is 4.76. The van der Waals surface area contributed by atoms with Crippen LogP contribution in [0.3, 0.4) is 0 Å². The summed E-state index contributed by atoms with van der Waals surface area (Å²) in [4.78, 5) is 2.17. The van der Waals surface area contributed by atoms with Crippen LogP contribution in [0.25, 0.3) is 0 Å². The van der Waals surface area contributed by atoms with Crippen LogP contribution in [-0.4, -0.2) is 51.1 Å². The van der Waals surface area contributed by atoms with Gasteiger partial charge in [-0.1, -0.05) is 0 Å². The van der Waals surface area contributed by atoms with E-state index >= 15 is 0 Å². The molecule has 0 aliphatic carbocycles. The lowest BCUT2D eigenvalue weighted by atomic mass is 10.3. The predicted molar refractivity (Wildman–Crippen MR) is 76.1 cm³/mol. The number of rotatable bonds is 5. The lowest BCUT2D eigenvalue weighted by Crippen LogP contribution is -2.40. The summed E-state index contributed by atoms with van der Waals surface area (Å²) in [5.74, 6) is 1.38. The second-order valence-corrected chi connectivity index (χ2v) is 7.07. The number of nitrogens with zero attached hydrogens (tertiary/aromatic N) is 1. The van der Waals surface area contributed by atoms with Crippen molar-refractivity contribution in [1.29, 1.82) is 0 Å². The van der Waals surface area contributed by atoms with Gasteiger partial charge in [0.1, 0.15) is 5.75 Å². The summed E-state index contributed by atoms with van der Waals surface area (Å²) >= 11 is 0. The van der Waals surface area contributed by atoms with Crippen LogP contribution >= 0.6 is 0 Å². The highest BCUT2D eigenvalue weighted by molar-refractivity contribution is 7.91. The summed E-state index contributed by atoms with van der Waals surface area (Å²) in [6.07, 6.45) is 0.893. The molecule has 1 aromatic rings. The van der Waals surface area contributed by atoms with Crippen LogP contribution in [0.4, 0.5) is 5.69 Å². The van der Waals surface area contributed by atoms with E-state index in [9.17, 15) is 8.42 Å². The Morgan fingerprint density at radius 3 is 2.42 bits per heavy atom. The molecule has 19 heavy (non-hydrogen) atoms. The van der Waals surface area contributed by atoms with Gasteiger partial charge in [0.25, 0.3) is 0 Å². The first kappa shape index (κ1) is 14.1. The zero-order valence-electron chi connectivity index (χ0n) is 10.9. The van der Waals surface area contributed by atoms with Gasteiger partial charge in [-0.05, 0) is 30.7 Å². The van der Waals surface area contributed by atoms with Crippen LogP contribution in [-0.2, 0) is 9.84 Å². The van der Waals surface area contributed by atoms with Crippen molar-refractivity contribution in [2.45, 2.75) is 6.42 Å². The molecule has 1 aromatic carbocycles. The van der Waals surface area contributed by atoms with Crippen molar-refractivity contribution in [1.82, 2.24) is 4.90 Å². The van der Waals surface area contributed by atoms with Crippen LogP contribution in [0.1, 0.15) is 6.42 Å². The standard InChI is InChI=1S/C13H20N2O3S/c14-12-2-4-13(5-3-12)18-9-1-6-15-7-10-19(16,17)11-8-15/h2-5H,1,6-11,14H2. The fraction of sp³-hybridized carbons (Fsp3) is 0.538. The lowest BCUT2D eigenvalue weighted by Gasteiger charge is -2.26. The van der Waals surface area contributed by atoms with Crippen molar-refractivity contribution in [2.75, 3.05) is 43.5 Å². The first-order valence-corrected chi connectivity index (χ1v) is 8.28. The molecule has 1 aliphatic heterocycles. The Bertz CT molecular complexity index is 485. The Hall–Kier alpha value is -1.27. The minimum Gasteiger partial charge on any atom is -0.494 e. The number of ether oxygens (including phenoxy) is 1. The molecule has 5 nitrogen and oxygen atoms in total. The van der Waals surface area contributed by atoms with Crippen molar-refractivity contribution < 1.29 is 13.2 Å². The molecule has 0 aromatic heterocycles. The number of benzene rings is 1. The molecular weight excluding hydrogens is 264 g/mol. The molecule has 0 atom stereocenters. The van der Waals surface area contributed by atoms with E-state index in [0.717, 1.165) is 24.4 Å². The van der Waals surface area contributed by atoms with Crippen molar-refractivity contribution in [3.8, 4) is 5.75 Å². The molecule has 1 saturated heterocycles. The monoisotopic (exact) mass is 284 g/mol. The Balaban J connectivity index is 1.63. The number of hydrogen-bond donors (Lipinski definition) is 1. The maximum Gasteiger partial charge on any atom is 0.152 e. The third kappa shape index (κ3) is 4.72. The normalized spacial score (nSPS) is 19.2. The van der Waals surface area contributed by atoms with Gasteiger partial charge in [-0.15, -0.1) is 0 Å². The van der Waals surface area contributed by atoms with E-state index in [1.165, 1.54) is 0 Å². The molecule has 0 unspecified atom stereocenters. The summed E-state index contributed by atoms with van der Waals surface area (Å²) in [6, 6.07) is 7.32. The Morgan fingerprint density at radius 2 is 1.79 bits per heavy atom. The van der Waals surface area contributed by atoms with Crippen LogP contribution in [0.15, 0.2) is 24.3 Å². The van der Waals surface area contributed by atoms with Gasteiger partial charge >= 0.3 is 0 Å². The minimum absolute atomic E-state index is 0.284. The first-order chi connectivity index (χ1) is 9.05. The lowest BCUT2D eigenvalue weighted by molar-refractivity contribution is 0.246. The van der Waals surface area contributed by atoms with Crippen LogP contribution in [0.2, 0.25) is 0 Å². The van der Waals surface area contributed by atoms with Gasteiger partial charge in [0.15, 0.2) is 9.84 Å². The predicted octanol–water partition coefficient (Wildman–Crippen LogP) is 0.768. The average molecular weight is 284 g/mol. The molecule has 0 saturated carbocycles. The van der Waals surface area contributed by atoms with E-state index in [-0.39, 0.29) is 11.5 Å². The van der Waals surface area contributed by atoms with E-state index in [2.05, 4.69) is 4.90 Å². The zero-order chi connectivity index (χ0) is 13.7. The Labute approximate surface area is 114 Å². The Kier molecular flexibility index (Phi) is 4.66. The van der Waals surface area contributed by atoms with E-state index in [1.54, 1.807) is 0 Å². The van der Waals surface area contributed by atoms with Crippen molar-refractivity contribution in [2.24, 2.45) is 0 Å². The van der Waals surface area contributed by atoms with Crippen LogP contribution in [0.5, 0.6) is 5.75 Å². The molecule has 2 N–H and O–H groups in total. The molecule has 0 bridgehead atoms. The van der Waals surface area contributed by atoms with Gasteiger partial charge in [-0.2, -0.15) is 0 Å². The molecule has 1 aliphatic rings. The SMILES string of the molecule is Nc1ccc(OCCCN2CCS(=O)(=O)CC2)cc1. The average Bonchev–Trinajstić information content (AvgIpc) is 2.38. The molecule has 1 fully saturated rings. The smallest absolute Gasteiger partial charge is 0.152 e. The maximum absolute atomic E-state index is 11.3. The highest BCUT2D eigenvalue weighted by atomic mass is 32.2. The highest BCUT2D eigenvalue weighted by Gasteiger charge is 2.20. The third-order valence-corrected chi connectivity index (χ3v) is 4.81. The summed E-state index contributed by atoms with van der Waals surface area (Å²) in [5, 5.41) is 0. The minimum atomic E-state index is -2.78. The van der Waals surface area contributed by atoms with Crippen LogP contribution < -0.4 is 10.5 Å². The van der Waals surface area contributed by atoms with E-state index in [4.69, 9.17) is 10.5 Å². The van der Waals surface area contributed by atoms with Crippen molar-refractivity contribution >= 4 is 15.5 Å². The molecular formula is C13H20N2O3S. The molecule has 2 rings (SSSR count). The van der Waals surface area contributed by atoms with Gasteiger partial charge in [0.05, 0.1) is 18.1 Å². The second kappa shape index (κ2) is 6.25. The Morgan fingerprint density at radius 1 is 1.16 bits per heavy atom. The van der Waals surface area contributed by atoms with E-state index in [0.29, 0.717) is 19.7 Å². The number of anilines is 1. The van der Waals surface area contributed by atoms with Gasteiger partial charge in [-0.25, -0.2) is 8.42 Å². The molecule has 0 spiro atoms. The molecule has 0 amide bonds.